The Morgan fingerprint density at radius 3 is 2.12 bits per heavy atom. The van der Waals surface area contributed by atoms with Crippen LogP contribution in [0.2, 0.25) is 0 Å². The minimum atomic E-state index is 0.685. The first kappa shape index (κ1) is 8.40. The molecule has 1 nitrogen and oxygen atoms in total. The third kappa shape index (κ3) is 1.00. The van der Waals surface area contributed by atoms with Gasteiger partial charge in [0, 0.05) is 29.9 Å². The van der Waals surface area contributed by atoms with E-state index in [0.717, 1.165) is 0 Å². The van der Waals surface area contributed by atoms with Crippen LogP contribution in [0.25, 0.3) is 5.69 Å². The average Bonchev–Trinajstić information content (AvgIpc) is 3.02. The van der Waals surface area contributed by atoms with E-state index in [-0.39, 0.29) is 0 Å². The normalized spacial score (nSPS) is 25.0. The summed E-state index contributed by atoms with van der Waals surface area (Å²) in [5, 5.41) is 0. The molecule has 16 heavy (non-hydrogen) atoms. The zero-order valence-corrected chi connectivity index (χ0v) is 9.01. The molecular weight excluding hydrogens is 194 g/mol. The fourth-order valence-corrected chi connectivity index (χ4v) is 3.02. The van der Waals surface area contributed by atoms with Gasteiger partial charge in [-0.3, -0.25) is 0 Å². The number of fused-ring (bicyclic) bond motifs is 5. The van der Waals surface area contributed by atoms with Crippen LogP contribution in [0.15, 0.2) is 54.9 Å². The van der Waals surface area contributed by atoms with Crippen LogP contribution in [0.1, 0.15) is 29.4 Å². The van der Waals surface area contributed by atoms with Crippen molar-refractivity contribution in [3.63, 3.8) is 0 Å². The fraction of sp³-hybridized carbons (Fsp3) is 0.200. The molecule has 2 aliphatic carbocycles. The number of hydrogen-bond acceptors (Lipinski definition) is 0. The van der Waals surface area contributed by atoms with Crippen molar-refractivity contribution in [3.8, 4) is 5.69 Å². The standard InChI is InChI=1S/C15H13N/c1-2-4-13(5-3-1)16-9-14-11-6-7-12(8-11)15(14)10-16/h1-7,9-12H,8H2. The Labute approximate surface area is 95.0 Å². The van der Waals surface area contributed by atoms with Crippen LogP contribution in [0.5, 0.6) is 0 Å². The van der Waals surface area contributed by atoms with Gasteiger partial charge < -0.3 is 4.57 Å². The number of allylic oxidation sites excluding steroid dienone is 2. The molecule has 0 radical (unpaired) electrons. The zero-order valence-electron chi connectivity index (χ0n) is 9.01. The first-order valence-electron chi connectivity index (χ1n) is 5.87. The predicted octanol–water partition coefficient (Wildman–Crippen LogP) is 3.62. The summed E-state index contributed by atoms with van der Waals surface area (Å²) in [5.41, 5.74) is 4.34. The van der Waals surface area contributed by atoms with Gasteiger partial charge in [0.2, 0.25) is 0 Å². The lowest BCUT2D eigenvalue weighted by molar-refractivity contribution is 0.791. The second-order valence-electron chi connectivity index (χ2n) is 4.75. The van der Waals surface area contributed by atoms with E-state index in [0.29, 0.717) is 11.8 Å². The van der Waals surface area contributed by atoms with Gasteiger partial charge in [0.1, 0.15) is 0 Å². The van der Waals surface area contributed by atoms with Gasteiger partial charge in [-0.15, -0.1) is 0 Å². The van der Waals surface area contributed by atoms with Gasteiger partial charge in [-0.25, -0.2) is 0 Å². The molecule has 0 fully saturated rings. The zero-order chi connectivity index (χ0) is 10.5. The summed E-state index contributed by atoms with van der Waals surface area (Å²) in [6.45, 7) is 0. The quantitative estimate of drug-likeness (QED) is 0.629. The first-order valence-corrected chi connectivity index (χ1v) is 5.87. The van der Waals surface area contributed by atoms with Crippen LogP contribution in [0.4, 0.5) is 0 Å². The van der Waals surface area contributed by atoms with Crippen molar-refractivity contribution in [3.05, 3.63) is 66.0 Å². The van der Waals surface area contributed by atoms with E-state index in [4.69, 9.17) is 0 Å². The Bertz CT molecular complexity index is 533. The van der Waals surface area contributed by atoms with E-state index < -0.39 is 0 Å². The largest absolute Gasteiger partial charge is 0.323 e. The van der Waals surface area contributed by atoms with E-state index in [2.05, 4.69) is 59.4 Å². The maximum atomic E-state index is 2.36. The number of hydrogen-bond donors (Lipinski definition) is 0. The lowest BCUT2D eigenvalue weighted by Crippen LogP contribution is -1.91. The highest BCUT2D eigenvalue weighted by atomic mass is 15.0. The highest BCUT2D eigenvalue weighted by Crippen LogP contribution is 2.48. The van der Waals surface area contributed by atoms with E-state index in [1.165, 1.54) is 23.2 Å². The van der Waals surface area contributed by atoms with Gasteiger partial charge in [-0.1, -0.05) is 30.4 Å². The van der Waals surface area contributed by atoms with Gasteiger partial charge in [-0.2, -0.15) is 0 Å². The molecule has 0 spiro atoms. The second-order valence-corrected chi connectivity index (χ2v) is 4.75. The van der Waals surface area contributed by atoms with Crippen LogP contribution in [0.3, 0.4) is 0 Å². The van der Waals surface area contributed by atoms with Gasteiger partial charge in [-0.05, 0) is 29.7 Å². The van der Waals surface area contributed by atoms with Crippen molar-refractivity contribution in [1.29, 1.82) is 0 Å². The lowest BCUT2D eigenvalue weighted by Gasteiger charge is -2.03. The molecule has 2 aromatic rings. The van der Waals surface area contributed by atoms with Crippen molar-refractivity contribution in [2.75, 3.05) is 0 Å². The summed E-state index contributed by atoms with van der Waals surface area (Å²) in [7, 11) is 0. The maximum Gasteiger partial charge on any atom is 0.0449 e. The van der Waals surface area contributed by atoms with Crippen molar-refractivity contribution in [1.82, 2.24) is 4.57 Å². The van der Waals surface area contributed by atoms with Crippen LogP contribution < -0.4 is 0 Å². The monoisotopic (exact) mass is 207 g/mol. The summed E-state index contributed by atoms with van der Waals surface area (Å²) in [5.74, 6) is 1.37. The highest BCUT2D eigenvalue weighted by Gasteiger charge is 2.33. The molecular formula is C15H13N. The molecule has 0 N–H and O–H groups in total. The number of benzene rings is 1. The number of aromatic nitrogens is 1. The molecule has 1 aromatic heterocycles. The third-order valence-electron chi connectivity index (χ3n) is 3.83. The Hall–Kier alpha value is -1.76. The van der Waals surface area contributed by atoms with Crippen molar-refractivity contribution in [2.24, 2.45) is 0 Å². The molecule has 2 atom stereocenters. The molecule has 78 valence electrons. The molecule has 1 aromatic carbocycles. The minimum Gasteiger partial charge on any atom is -0.323 e. The van der Waals surface area contributed by atoms with E-state index in [9.17, 15) is 0 Å². The van der Waals surface area contributed by atoms with Gasteiger partial charge in [0.05, 0.1) is 0 Å². The van der Waals surface area contributed by atoms with E-state index in [1.54, 1.807) is 0 Å². The Kier molecular flexibility index (Phi) is 1.51. The van der Waals surface area contributed by atoms with Gasteiger partial charge in [0.25, 0.3) is 0 Å². The van der Waals surface area contributed by atoms with Crippen LogP contribution in [0, 0.1) is 0 Å². The summed E-state index contributed by atoms with van der Waals surface area (Å²) in [6.07, 6.45) is 10.6. The van der Waals surface area contributed by atoms with Gasteiger partial charge in [0.15, 0.2) is 0 Å². The summed E-state index contributed by atoms with van der Waals surface area (Å²) in [6, 6.07) is 10.6. The van der Waals surface area contributed by atoms with Crippen molar-refractivity contribution < 1.29 is 0 Å². The smallest absolute Gasteiger partial charge is 0.0449 e. The van der Waals surface area contributed by atoms with Crippen LogP contribution >= 0.6 is 0 Å². The van der Waals surface area contributed by atoms with Gasteiger partial charge >= 0.3 is 0 Å². The SMILES string of the molecule is C1=CC2CC1c1cn(-c3ccccc3)cc12. The predicted molar refractivity (Wildman–Crippen MR) is 65.0 cm³/mol. The first-order chi connectivity index (χ1) is 7.92. The highest BCUT2D eigenvalue weighted by molar-refractivity contribution is 5.49. The molecule has 0 amide bonds. The van der Waals surface area contributed by atoms with Crippen LogP contribution in [-0.2, 0) is 0 Å². The fourth-order valence-electron chi connectivity index (χ4n) is 3.02. The topological polar surface area (TPSA) is 4.93 Å². The number of para-hydroxylation sites is 1. The minimum absolute atomic E-state index is 0.685. The molecule has 0 aliphatic heterocycles. The second kappa shape index (κ2) is 2.88. The van der Waals surface area contributed by atoms with E-state index >= 15 is 0 Å². The molecule has 2 aliphatic rings. The lowest BCUT2D eigenvalue weighted by atomic mass is 10.0. The van der Waals surface area contributed by atoms with E-state index in [1.807, 2.05) is 0 Å². The summed E-state index contributed by atoms with van der Waals surface area (Å²) in [4.78, 5) is 0. The van der Waals surface area contributed by atoms with Crippen LogP contribution in [-0.4, -0.2) is 4.57 Å². The molecule has 1 heteroatoms. The third-order valence-corrected chi connectivity index (χ3v) is 3.83. The summed E-state index contributed by atoms with van der Waals surface area (Å²) < 4.78 is 2.26. The van der Waals surface area contributed by atoms with Crippen molar-refractivity contribution >= 4 is 0 Å². The Balaban J connectivity index is 1.84. The molecule has 2 bridgehead atoms. The molecule has 0 saturated heterocycles. The van der Waals surface area contributed by atoms with Crippen molar-refractivity contribution in [2.45, 2.75) is 18.3 Å². The average molecular weight is 207 g/mol. The summed E-state index contributed by atoms with van der Waals surface area (Å²) >= 11 is 0. The Morgan fingerprint density at radius 2 is 1.50 bits per heavy atom. The molecule has 2 unspecified atom stereocenters. The maximum absolute atomic E-state index is 2.36. The molecule has 1 heterocycles. The molecule has 0 saturated carbocycles. The molecule has 4 rings (SSSR count). The Morgan fingerprint density at radius 1 is 0.875 bits per heavy atom. The number of rotatable bonds is 1. The number of nitrogens with zero attached hydrogens (tertiary/aromatic N) is 1.